The fraction of sp³-hybridized carbons (Fsp3) is 0.680. The Morgan fingerprint density at radius 2 is 1.77 bits per heavy atom. The SMILES string of the molecule is CC(C)[C@@H]1CC[C@@H](C)C[C@H]1OC(=O)[C@H]1[C@H](C(=O)N2CCOCC2)[C@@H]1c1ccccc1. The zero-order valence-corrected chi connectivity index (χ0v) is 18.5. The third-order valence-electron chi connectivity index (χ3n) is 7.31. The van der Waals surface area contributed by atoms with Crippen LogP contribution in [-0.4, -0.2) is 49.2 Å². The van der Waals surface area contributed by atoms with Gasteiger partial charge in [0.15, 0.2) is 0 Å². The highest BCUT2D eigenvalue weighted by atomic mass is 16.5. The Bertz CT molecular complexity index is 743. The maximum Gasteiger partial charge on any atom is 0.310 e. The molecule has 2 saturated carbocycles. The van der Waals surface area contributed by atoms with E-state index in [1.54, 1.807) is 0 Å². The molecule has 1 saturated heterocycles. The number of carbonyl (C=O) groups is 2. The molecule has 3 fully saturated rings. The Morgan fingerprint density at radius 1 is 1.07 bits per heavy atom. The first-order valence-corrected chi connectivity index (χ1v) is 11.6. The van der Waals surface area contributed by atoms with Gasteiger partial charge < -0.3 is 14.4 Å². The van der Waals surface area contributed by atoms with Crippen molar-refractivity contribution in [2.24, 2.45) is 29.6 Å². The minimum Gasteiger partial charge on any atom is -0.462 e. The molecule has 2 aliphatic carbocycles. The molecule has 1 heterocycles. The molecule has 164 valence electrons. The number of amides is 1. The van der Waals surface area contributed by atoms with Crippen molar-refractivity contribution < 1.29 is 19.1 Å². The summed E-state index contributed by atoms with van der Waals surface area (Å²) in [4.78, 5) is 28.4. The number of rotatable bonds is 5. The van der Waals surface area contributed by atoms with Gasteiger partial charge in [0.25, 0.3) is 0 Å². The number of benzene rings is 1. The number of nitrogens with zero attached hydrogens (tertiary/aromatic N) is 1. The first-order chi connectivity index (χ1) is 14.5. The molecule has 0 spiro atoms. The smallest absolute Gasteiger partial charge is 0.310 e. The minimum atomic E-state index is -0.368. The summed E-state index contributed by atoms with van der Waals surface area (Å²) in [6.45, 7) is 9.03. The van der Waals surface area contributed by atoms with E-state index in [1.807, 2.05) is 35.2 Å². The topological polar surface area (TPSA) is 55.8 Å². The predicted molar refractivity (Wildman–Crippen MR) is 115 cm³/mol. The van der Waals surface area contributed by atoms with Crippen LogP contribution < -0.4 is 0 Å². The normalized spacial score (nSPS) is 33.9. The predicted octanol–water partition coefficient (Wildman–Crippen LogP) is 3.88. The van der Waals surface area contributed by atoms with Gasteiger partial charge in [-0.05, 0) is 36.2 Å². The van der Waals surface area contributed by atoms with E-state index in [-0.39, 0.29) is 35.7 Å². The van der Waals surface area contributed by atoms with Crippen molar-refractivity contribution in [2.45, 2.75) is 52.1 Å². The molecular weight excluding hydrogens is 378 g/mol. The second kappa shape index (κ2) is 9.09. The first kappa shape index (κ1) is 21.4. The molecule has 1 aliphatic heterocycles. The van der Waals surface area contributed by atoms with Crippen LogP contribution in [-0.2, 0) is 19.1 Å². The summed E-state index contributed by atoms with van der Waals surface area (Å²) in [5.41, 5.74) is 1.06. The lowest BCUT2D eigenvalue weighted by atomic mass is 9.75. The number of esters is 1. The van der Waals surface area contributed by atoms with E-state index in [1.165, 1.54) is 6.42 Å². The van der Waals surface area contributed by atoms with E-state index in [0.29, 0.717) is 44.1 Å². The molecule has 0 unspecified atom stereocenters. The van der Waals surface area contributed by atoms with Gasteiger partial charge in [0, 0.05) is 19.0 Å². The average molecular weight is 414 g/mol. The summed E-state index contributed by atoms with van der Waals surface area (Å²) in [7, 11) is 0. The third-order valence-corrected chi connectivity index (χ3v) is 7.31. The van der Waals surface area contributed by atoms with Gasteiger partial charge in [0.05, 0.1) is 25.0 Å². The fourth-order valence-electron chi connectivity index (χ4n) is 5.47. The van der Waals surface area contributed by atoms with Crippen LogP contribution in [0.4, 0.5) is 0 Å². The van der Waals surface area contributed by atoms with Gasteiger partial charge in [-0.2, -0.15) is 0 Å². The van der Waals surface area contributed by atoms with E-state index in [2.05, 4.69) is 20.8 Å². The van der Waals surface area contributed by atoms with Crippen molar-refractivity contribution in [1.82, 2.24) is 4.90 Å². The zero-order valence-electron chi connectivity index (χ0n) is 18.5. The van der Waals surface area contributed by atoms with Crippen LogP contribution in [0.3, 0.4) is 0 Å². The van der Waals surface area contributed by atoms with Crippen molar-refractivity contribution in [1.29, 1.82) is 0 Å². The summed E-state index contributed by atoms with van der Waals surface area (Å²) in [5.74, 6) is 0.619. The highest BCUT2D eigenvalue weighted by Crippen LogP contribution is 2.56. The molecule has 4 rings (SSSR count). The lowest BCUT2D eigenvalue weighted by Crippen LogP contribution is -2.42. The molecule has 0 radical (unpaired) electrons. The largest absolute Gasteiger partial charge is 0.462 e. The summed E-state index contributed by atoms with van der Waals surface area (Å²) < 4.78 is 11.5. The second-order valence-electron chi connectivity index (χ2n) is 9.73. The molecule has 3 aliphatic rings. The summed E-state index contributed by atoms with van der Waals surface area (Å²) in [5, 5.41) is 0. The molecule has 6 atom stereocenters. The van der Waals surface area contributed by atoms with Gasteiger partial charge in [0.2, 0.25) is 5.91 Å². The maximum absolute atomic E-state index is 13.3. The monoisotopic (exact) mass is 413 g/mol. The van der Waals surface area contributed by atoms with Crippen LogP contribution in [0.5, 0.6) is 0 Å². The van der Waals surface area contributed by atoms with Gasteiger partial charge in [0.1, 0.15) is 6.10 Å². The van der Waals surface area contributed by atoms with E-state index < -0.39 is 0 Å². The van der Waals surface area contributed by atoms with Crippen LogP contribution in [0.15, 0.2) is 30.3 Å². The molecular formula is C25H35NO4. The van der Waals surface area contributed by atoms with Crippen LogP contribution in [0, 0.1) is 29.6 Å². The molecule has 5 heteroatoms. The Labute approximate surface area is 180 Å². The maximum atomic E-state index is 13.3. The van der Waals surface area contributed by atoms with Crippen LogP contribution >= 0.6 is 0 Å². The van der Waals surface area contributed by atoms with Crippen molar-refractivity contribution in [2.75, 3.05) is 26.3 Å². The number of hydrogen-bond acceptors (Lipinski definition) is 4. The molecule has 1 aromatic carbocycles. The molecule has 0 aromatic heterocycles. The molecule has 0 bridgehead atoms. The van der Waals surface area contributed by atoms with Crippen LogP contribution in [0.2, 0.25) is 0 Å². The van der Waals surface area contributed by atoms with Crippen molar-refractivity contribution in [3.8, 4) is 0 Å². The Kier molecular flexibility index (Phi) is 6.47. The van der Waals surface area contributed by atoms with Gasteiger partial charge in [-0.1, -0.05) is 57.5 Å². The van der Waals surface area contributed by atoms with Gasteiger partial charge in [-0.25, -0.2) is 0 Å². The highest BCUT2D eigenvalue weighted by Gasteiger charge is 2.61. The van der Waals surface area contributed by atoms with E-state index in [0.717, 1.165) is 18.4 Å². The lowest BCUT2D eigenvalue weighted by molar-refractivity contribution is -0.159. The van der Waals surface area contributed by atoms with E-state index >= 15 is 0 Å². The third kappa shape index (κ3) is 4.41. The molecule has 5 nitrogen and oxygen atoms in total. The van der Waals surface area contributed by atoms with E-state index in [9.17, 15) is 9.59 Å². The number of hydrogen-bond donors (Lipinski definition) is 0. The Balaban J connectivity index is 1.50. The average Bonchev–Trinajstić information content (AvgIpc) is 3.50. The van der Waals surface area contributed by atoms with Crippen molar-refractivity contribution >= 4 is 11.9 Å². The van der Waals surface area contributed by atoms with E-state index in [4.69, 9.17) is 9.47 Å². The number of ether oxygens (including phenoxy) is 2. The Morgan fingerprint density at radius 3 is 2.43 bits per heavy atom. The van der Waals surface area contributed by atoms with Gasteiger partial charge in [-0.3, -0.25) is 9.59 Å². The van der Waals surface area contributed by atoms with Crippen molar-refractivity contribution in [3.63, 3.8) is 0 Å². The van der Waals surface area contributed by atoms with Crippen LogP contribution in [0.25, 0.3) is 0 Å². The van der Waals surface area contributed by atoms with Gasteiger partial charge in [-0.15, -0.1) is 0 Å². The number of carbonyl (C=O) groups excluding carboxylic acids is 2. The first-order valence-electron chi connectivity index (χ1n) is 11.6. The summed E-state index contributed by atoms with van der Waals surface area (Å²) in [6.07, 6.45) is 3.21. The molecule has 1 aromatic rings. The van der Waals surface area contributed by atoms with Gasteiger partial charge >= 0.3 is 5.97 Å². The highest BCUT2D eigenvalue weighted by molar-refractivity contribution is 5.93. The minimum absolute atomic E-state index is 0.0302. The quantitative estimate of drug-likeness (QED) is 0.688. The Hall–Kier alpha value is -1.88. The fourth-order valence-corrected chi connectivity index (χ4v) is 5.47. The standard InChI is InChI=1S/C25H35NO4/c1-16(2)19-10-9-17(3)15-20(19)30-25(28)23-21(18-7-5-4-6-8-18)22(23)24(27)26-11-13-29-14-12-26/h4-8,16-17,19-23H,9-15H2,1-3H3/t17-,19+,20-,21+,22-,23-/m1/s1. The zero-order chi connectivity index (χ0) is 21.3. The van der Waals surface area contributed by atoms with Crippen LogP contribution in [0.1, 0.15) is 51.5 Å². The second-order valence-corrected chi connectivity index (χ2v) is 9.73. The molecule has 30 heavy (non-hydrogen) atoms. The summed E-state index contributed by atoms with van der Waals surface area (Å²) >= 11 is 0. The van der Waals surface area contributed by atoms with Crippen molar-refractivity contribution in [3.05, 3.63) is 35.9 Å². The molecule has 0 N–H and O–H groups in total. The number of morpholine rings is 1. The summed E-state index contributed by atoms with van der Waals surface area (Å²) in [6, 6.07) is 9.97. The molecule has 1 amide bonds. The lowest BCUT2D eigenvalue weighted by Gasteiger charge is -2.36.